The van der Waals surface area contributed by atoms with Crippen LogP contribution in [-0.4, -0.2) is 12.1 Å². The van der Waals surface area contributed by atoms with E-state index in [0.717, 1.165) is 12.0 Å². The molecule has 0 aliphatic heterocycles. The van der Waals surface area contributed by atoms with Crippen LogP contribution in [0.2, 0.25) is 0 Å². The second kappa shape index (κ2) is 6.32. The fourth-order valence-electron chi connectivity index (χ4n) is 2.25. The zero-order valence-electron chi connectivity index (χ0n) is 10.8. The van der Waals surface area contributed by atoms with Gasteiger partial charge in [0.25, 0.3) is 0 Å². The normalized spacial score (nSPS) is 21.5. The average molecular weight is 209 g/mol. The molecule has 0 radical (unpaired) electrons. The molecule has 1 aliphatic carbocycles. The largest absolute Gasteiger partial charge is 0.311 e. The maximum atomic E-state index is 3.74. The topological polar surface area (TPSA) is 12.0 Å². The van der Waals surface area contributed by atoms with Gasteiger partial charge in [-0.15, -0.1) is 0 Å². The Bertz CT molecular complexity index is 203. The first kappa shape index (κ1) is 12.8. The second-order valence-electron chi connectivity index (χ2n) is 5.01. The van der Waals surface area contributed by atoms with Gasteiger partial charge in [-0.2, -0.15) is 0 Å². The molecule has 15 heavy (non-hydrogen) atoms. The summed E-state index contributed by atoms with van der Waals surface area (Å²) in [7, 11) is 0. The molecule has 1 N–H and O–H groups in total. The van der Waals surface area contributed by atoms with E-state index in [-0.39, 0.29) is 0 Å². The van der Waals surface area contributed by atoms with Crippen LogP contribution >= 0.6 is 0 Å². The predicted molar refractivity (Wildman–Crippen MR) is 68.1 cm³/mol. The SMILES string of the molecule is C/C=C(\C)C(CCCC)C(C)NC1CC1. The monoisotopic (exact) mass is 209 g/mol. The van der Waals surface area contributed by atoms with Gasteiger partial charge in [0.1, 0.15) is 0 Å². The van der Waals surface area contributed by atoms with Crippen molar-refractivity contribution in [2.45, 2.75) is 71.9 Å². The Morgan fingerprint density at radius 2 is 2.13 bits per heavy atom. The third kappa shape index (κ3) is 4.38. The van der Waals surface area contributed by atoms with Crippen molar-refractivity contribution in [1.82, 2.24) is 5.32 Å². The molecule has 2 atom stereocenters. The lowest BCUT2D eigenvalue weighted by Crippen LogP contribution is -2.35. The van der Waals surface area contributed by atoms with Crippen LogP contribution in [0.3, 0.4) is 0 Å². The van der Waals surface area contributed by atoms with E-state index >= 15 is 0 Å². The molecular weight excluding hydrogens is 182 g/mol. The summed E-state index contributed by atoms with van der Waals surface area (Å²) in [5.74, 6) is 0.746. The van der Waals surface area contributed by atoms with Crippen molar-refractivity contribution in [3.8, 4) is 0 Å². The molecule has 0 amide bonds. The predicted octanol–water partition coefficient (Wildman–Crippen LogP) is 3.90. The van der Waals surface area contributed by atoms with Gasteiger partial charge in [0, 0.05) is 12.1 Å². The lowest BCUT2D eigenvalue weighted by molar-refractivity contribution is 0.385. The molecule has 0 bridgehead atoms. The summed E-state index contributed by atoms with van der Waals surface area (Å²) in [4.78, 5) is 0. The minimum absolute atomic E-state index is 0.653. The Kier molecular flexibility index (Phi) is 5.38. The zero-order chi connectivity index (χ0) is 11.3. The summed E-state index contributed by atoms with van der Waals surface area (Å²) in [6.45, 7) is 9.08. The highest BCUT2D eigenvalue weighted by atomic mass is 15.0. The van der Waals surface area contributed by atoms with E-state index in [4.69, 9.17) is 0 Å². The zero-order valence-corrected chi connectivity index (χ0v) is 10.8. The van der Waals surface area contributed by atoms with Gasteiger partial charge in [-0.1, -0.05) is 31.4 Å². The van der Waals surface area contributed by atoms with Crippen molar-refractivity contribution in [1.29, 1.82) is 0 Å². The van der Waals surface area contributed by atoms with E-state index in [9.17, 15) is 0 Å². The van der Waals surface area contributed by atoms with Crippen LogP contribution in [0.1, 0.15) is 59.8 Å². The fourth-order valence-corrected chi connectivity index (χ4v) is 2.25. The van der Waals surface area contributed by atoms with Crippen LogP contribution in [0.25, 0.3) is 0 Å². The highest BCUT2D eigenvalue weighted by molar-refractivity contribution is 5.06. The second-order valence-corrected chi connectivity index (χ2v) is 5.01. The maximum Gasteiger partial charge on any atom is 0.0107 e. The van der Waals surface area contributed by atoms with Gasteiger partial charge >= 0.3 is 0 Å². The lowest BCUT2D eigenvalue weighted by atomic mass is 9.88. The molecule has 2 unspecified atom stereocenters. The molecule has 1 fully saturated rings. The quantitative estimate of drug-likeness (QED) is 0.627. The van der Waals surface area contributed by atoms with Crippen molar-refractivity contribution >= 4 is 0 Å². The van der Waals surface area contributed by atoms with Crippen molar-refractivity contribution in [3.63, 3.8) is 0 Å². The van der Waals surface area contributed by atoms with E-state index in [1.165, 1.54) is 32.1 Å². The summed E-state index contributed by atoms with van der Waals surface area (Å²) >= 11 is 0. The highest BCUT2D eigenvalue weighted by Gasteiger charge is 2.26. The van der Waals surface area contributed by atoms with E-state index in [2.05, 4.69) is 39.1 Å². The molecule has 0 aromatic rings. The van der Waals surface area contributed by atoms with Crippen LogP contribution in [0.4, 0.5) is 0 Å². The molecule has 88 valence electrons. The average Bonchev–Trinajstić information content (AvgIpc) is 3.01. The van der Waals surface area contributed by atoms with Gasteiger partial charge in [0.05, 0.1) is 0 Å². The van der Waals surface area contributed by atoms with E-state index < -0.39 is 0 Å². The third-order valence-electron chi connectivity index (χ3n) is 3.59. The van der Waals surface area contributed by atoms with Gasteiger partial charge in [0.15, 0.2) is 0 Å². The van der Waals surface area contributed by atoms with E-state index in [1.54, 1.807) is 5.57 Å². The summed E-state index contributed by atoms with van der Waals surface area (Å²) < 4.78 is 0. The van der Waals surface area contributed by atoms with E-state index in [0.29, 0.717) is 6.04 Å². The summed E-state index contributed by atoms with van der Waals surface area (Å²) in [5, 5.41) is 3.74. The Balaban J connectivity index is 2.44. The molecule has 0 aromatic heterocycles. The van der Waals surface area contributed by atoms with Gasteiger partial charge in [-0.25, -0.2) is 0 Å². The molecule has 1 nitrogen and oxygen atoms in total. The lowest BCUT2D eigenvalue weighted by Gasteiger charge is -2.26. The highest BCUT2D eigenvalue weighted by Crippen LogP contribution is 2.26. The Morgan fingerprint density at radius 3 is 2.60 bits per heavy atom. The molecule has 0 aromatic carbocycles. The number of hydrogen-bond acceptors (Lipinski definition) is 1. The van der Waals surface area contributed by atoms with Crippen molar-refractivity contribution < 1.29 is 0 Å². The number of rotatable bonds is 7. The van der Waals surface area contributed by atoms with Gasteiger partial charge < -0.3 is 5.32 Å². The first-order chi connectivity index (χ1) is 7.19. The number of unbranched alkanes of at least 4 members (excludes halogenated alkanes) is 1. The first-order valence-corrected chi connectivity index (χ1v) is 6.57. The molecule has 0 heterocycles. The minimum Gasteiger partial charge on any atom is -0.311 e. The molecule has 1 saturated carbocycles. The van der Waals surface area contributed by atoms with E-state index in [1.807, 2.05) is 0 Å². The smallest absolute Gasteiger partial charge is 0.0107 e. The standard InChI is InChI=1S/C14H27N/c1-5-7-8-14(11(3)6-2)12(4)15-13-9-10-13/h6,12-15H,5,7-10H2,1-4H3/b11-6+. The van der Waals surface area contributed by atoms with Crippen LogP contribution in [0, 0.1) is 5.92 Å². The maximum absolute atomic E-state index is 3.74. The molecule has 1 heteroatoms. The van der Waals surface area contributed by atoms with Gasteiger partial charge in [-0.05, 0) is 46.0 Å². The Morgan fingerprint density at radius 1 is 1.47 bits per heavy atom. The first-order valence-electron chi connectivity index (χ1n) is 6.57. The Labute approximate surface area is 95.3 Å². The number of allylic oxidation sites excluding steroid dienone is 1. The van der Waals surface area contributed by atoms with Gasteiger partial charge in [-0.3, -0.25) is 0 Å². The van der Waals surface area contributed by atoms with Crippen LogP contribution in [0.5, 0.6) is 0 Å². The molecular formula is C14H27N. The number of nitrogens with one attached hydrogen (secondary N) is 1. The minimum atomic E-state index is 0.653. The number of hydrogen-bond donors (Lipinski definition) is 1. The summed E-state index contributed by atoms with van der Waals surface area (Å²) in [5.41, 5.74) is 1.56. The molecule has 0 spiro atoms. The van der Waals surface area contributed by atoms with Crippen molar-refractivity contribution in [3.05, 3.63) is 11.6 Å². The Hall–Kier alpha value is -0.300. The van der Waals surface area contributed by atoms with Crippen LogP contribution in [0.15, 0.2) is 11.6 Å². The summed E-state index contributed by atoms with van der Waals surface area (Å²) in [6, 6.07) is 1.48. The third-order valence-corrected chi connectivity index (χ3v) is 3.59. The van der Waals surface area contributed by atoms with Crippen molar-refractivity contribution in [2.24, 2.45) is 5.92 Å². The fraction of sp³-hybridized carbons (Fsp3) is 0.857. The summed E-state index contributed by atoms with van der Waals surface area (Å²) in [6.07, 6.45) is 9.06. The van der Waals surface area contributed by atoms with Gasteiger partial charge in [0.2, 0.25) is 0 Å². The van der Waals surface area contributed by atoms with Crippen molar-refractivity contribution in [2.75, 3.05) is 0 Å². The van der Waals surface area contributed by atoms with Crippen LogP contribution in [-0.2, 0) is 0 Å². The molecule has 0 saturated heterocycles. The molecule has 1 aliphatic rings. The van der Waals surface area contributed by atoms with Crippen LogP contribution < -0.4 is 5.32 Å². The molecule has 1 rings (SSSR count).